The van der Waals surface area contributed by atoms with Crippen LogP contribution in [0, 0.1) is 17.1 Å². The van der Waals surface area contributed by atoms with Crippen molar-refractivity contribution >= 4 is 11.6 Å². The van der Waals surface area contributed by atoms with Gasteiger partial charge >= 0.3 is 0 Å². The highest BCUT2D eigenvalue weighted by atomic mass is 35.5. The highest BCUT2D eigenvalue weighted by molar-refractivity contribution is 6.31. The predicted molar refractivity (Wildman–Crippen MR) is 90.8 cm³/mol. The SMILES string of the molecule is N#Cc1ccc(-c2nc(C(N)Cc3ccccc3)[nH]c2Cl)cc1F. The molecule has 2 aromatic carbocycles. The lowest BCUT2D eigenvalue weighted by Gasteiger charge is -2.08. The van der Waals surface area contributed by atoms with Crippen LogP contribution in [-0.2, 0) is 6.42 Å². The summed E-state index contributed by atoms with van der Waals surface area (Å²) >= 11 is 6.19. The molecule has 0 aliphatic heterocycles. The van der Waals surface area contributed by atoms with E-state index in [2.05, 4.69) is 9.97 Å². The van der Waals surface area contributed by atoms with Crippen LogP contribution in [0.5, 0.6) is 0 Å². The van der Waals surface area contributed by atoms with E-state index in [1.807, 2.05) is 30.3 Å². The van der Waals surface area contributed by atoms with E-state index in [1.165, 1.54) is 12.1 Å². The average molecular weight is 341 g/mol. The van der Waals surface area contributed by atoms with Gasteiger partial charge in [0, 0.05) is 5.56 Å². The highest BCUT2D eigenvalue weighted by Gasteiger charge is 2.17. The van der Waals surface area contributed by atoms with E-state index in [0.717, 1.165) is 5.56 Å². The molecule has 6 heteroatoms. The van der Waals surface area contributed by atoms with Gasteiger partial charge in [0.1, 0.15) is 28.6 Å². The third-order valence-corrected chi connectivity index (χ3v) is 3.96. The van der Waals surface area contributed by atoms with Gasteiger partial charge in [0.15, 0.2) is 0 Å². The quantitative estimate of drug-likeness (QED) is 0.754. The van der Waals surface area contributed by atoms with E-state index >= 15 is 0 Å². The molecule has 0 saturated heterocycles. The molecule has 120 valence electrons. The molecule has 4 nitrogen and oxygen atoms in total. The number of nitriles is 1. The Hall–Kier alpha value is -2.68. The number of rotatable bonds is 4. The Morgan fingerprint density at radius 1 is 1.25 bits per heavy atom. The molecule has 24 heavy (non-hydrogen) atoms. The lowest BCUT2D eigenvalue weighted by molar-refractivity contribution is 0.624. The van der Waals surface area contributed by atoms with Gasteiger partial charge < -0.3 is 10.7 Å². The maximum absolute atomic E-state index is 13.8. The first-order chi connectivity index (χ1) is 11.6. The molecule has 1 unspecified atom stereocenters. The monoisotopic (exact) mass is 340 g/mol. The summed E-state index contributed by atoms with van der Waals surface area (Å²) < 4.78 is 13.8. The van der Waals surface area contributed by atoms with Crippen LogP contribution in [0.2, 0.25) is 5.15 Å². The minimum atomic E-state index is -0.607. The van der Waals surface area contributed by atoms with Gasteiger partial charge in [-0.2, -0.15) is 5.26 Å². The van der Waals surface area contributed by atoms with Gasteiger partial charge in [-0.05, 0) is 24.1 Å². The molecule has 0 aliphatic carbocycles. The van der Waals surface area contributed by atoms with Crippen LogP contribution in [0.3, 0.4) is 0 Å². The van der Waals surface area contributed by atoms with Crippen LogP contribution in [0.15, 0.2) is 48.5 Å². The smallest absolute Gasteiger partial charge is 0.141 e. The lowest BCUT2D eigenvalue weighted by Crippen LogP contribution is -2.15. The summed E-state index contributed by atoms with van der Waals surface area (Å²) in [6.45, 7) is 0. The van der Waals surface area contributed by atoms with E-state index in [1.54, 1.807) is 12.1 Å². The standard InChI is InChI=1S/C18H14ClFN4/c19-17-16(12-6-7-13(10-21)14(20)9-12)23-18(24-17)15(22)8-11-4-2-1-3-5-11/h1-7,9,15H,8,22H2,(H,23,24). The van der Waals surface area contributed by atoms with Crippen molar-refractivity contribution in [2.75, 3.05) is 0 Å². The van der Waals surface area contributed by atoms with Gasteiger partial charge in [-0.1, -0.05) is 48.0 Å². The van der Waals surface area contributed by atoms with Crippen molar-refractivity contribution in [1.29, 1.82) is 5.26 Å². The summed E-state index contributed by atoms with van der Waals surface area (Å²) in [4.78, 5) is 7.36. The topological polar surface area (TPSA) is 78.5 Å². The summed E-state index contributed by atoms with van der Waals surface area (Å²) in [5, 5.41) is 9.09. The van der Waals surface area contributed by atoms with Crippen molar-refractivity contribution < 1.29 is 4.39 Å². The highest BCUT2D eigenvalue weighted by Crippen LogP contribution is 2.28. The first kappa shape index (κ1) is 16.2. The predicted octanol–water partition coefficient (Wildman–Crippen LogP) is 3.98. The zero-order chi connectivity index (χ0) is 17.1. The van der Waals surface area contributed by atoms with Gasteiger partial charge in [0.25, 0.3) is 0 Å². The van der Waals surface area contributed by atoms with Gasteiger partial charge in [-0.15, -0.1) is 0 Å². The molecule has 3 N–H and O–H groups in total. The number of imidazole rings is 1. The Bertz CT molecular complexity index is 899. The Balaban J connectivity index is 1.87. The summed E-state index contributed by atoms with van der Waals surface area (Å²) in [7, 11) is 0. The summed E-state index contributed by atoms with van der Waals surface area (Å²) in [5.74, 6) is -0.0761. The zero-order valence-corrected chi connectivity index (χ0v) is 13.4. The summed E-state index contributed by atoms with van der Waals surface area (Å²) in [6.07, 6.45) is 0.603. The van der Waals surface area contributed by atoms with E-state index in [-0.39, 0.29) is 16.8 Å². The first-order valence-corrected chi connectivity index (χ1v) is 7.71. The maximum atomic E-state index is 13.8. The number of hydrogen-bond acceptors (Lipinski definition) is 3. The molecule has 3 rings (SSSR count). The van der Waals surface area contributed by atoms with Gasteiger partial charge in [0.2, 0.25) is 0 Å². The molecule has 1 heterocycles. The molecular weight excluding hydrogens is 327 g/mol. The van der Waals surface area contributed by atoms with Crippen LogP contribution in [0.1, 0.15) is 23.0 Å². The number of benzene rings is 2. The number of H-pyrrole nitrogens is 1. The molecule has 3 aromatic rings. The van der Waals surface area contributed by atoms with Crippen molar-refractivity contribution in [2.24, 2.45) is 5.73 Å². The molecule has 1 atom stereocenters. The Morgan fingerprint density at radius 3 is 2.67 bits per heavy atom. The van der Waals surface area contributed by atoms with Crippen LogP contribution >= 0.6 is 11.6 Å². The fourth-order valence-electron chi connectivity index (χ4n) is 2.45. The fourth-order valence-corrected chi connectivity index (χ4v) is 2.70. The van der Waals surface area contributed by atoms with E-state index in [4.69, 9.17) is 22.6 Å². The number of halogens is 2. The first-order valence-electron chi connectivity index (χ1n) is 7.33. The third kappa shape index (κ3) is 3.30. The molecule has 0 bridgehead atoms. The third-order valence-electron chi connectivity index (χ3n) is 3.69. The van der Waals surface area contributed by atoms with E-state index < -0.39 is 5.82 Å². The average Bonchev–Trinajstić information content (AvgIpc) is 2.98. The largest absolute Gasteiger partial charge is 0.331 e. The number of hydrogen-bond donors (Lipinski definition) is 2. The van der Waals surface area contributed by atoms with E-state index in [9.17, 15) is 4.39 Å². The van der Waals surface area contributed by atoms with Gasteiger partial charge in [-0.3, -0.25) is 0 Å². The number of nitrogens with zero attached hydrogens (tertiary/aromatic N) is 2. The lowest BCUT2D eigenvalue weighted by atomic mass is 10.1. The number of nitrogens with one attached hydrogen (secondary N) is 1. The molecule has 0 radical (unpaired) electrons. The van der Waals surface area contributed by atoms with Crippen molar-refractivity contribution in [3.8, 4) is 17.3 Å². The van der Waals surface area contributed by atoms with Gasteiger partial charge in [0.05, 0.1) is 11.6 Å². The number of aromatic nitrogens is 2. The van der Waals surface area contributed by atoms with Crippen LogP contribution < -0.4 is 5.73 Å². The second kappa shape index (κ2) is 6.83. The number of aromatic amines is 1. The van der Waals surface area contributed by atoms with Crippen LogP contribution in [0.4, 0.5) is 4.39 Å². The fraction of sp³-hybridized carbons (Fsp3) is 0.111. The second-order valence-electron chi connectivity index (χ2n) is 5.39. The van der Waals surface area contributed by atoms with Gasteiger partial charge in [-0.25, -0.2) is 9.37 Å². The number of nitrogens with two attached hydrogens (primary N) is 1. The Morgan fingerprint density at radius 2 is 2.00 bits per heavy atom. The second-order valence-corrected chi connectivity index (χ2v) is 5.77. The maximum Gasteiger partial charge on any atom is 0.141 e. The van der Waals surface area contributed by atoms with Crippen molar-refractivity contribution in [3.05, 3.63) is 76.5 Å². The molecule has 1 aromatic heterocycles. The molecule has 0 saturated carbocycles. The normalized spacial score (nSPS) is 11.9. The van der Waals surface area contributed by atoms with Crippen LogP contribution in [-0.4, -0.2) is 9.97 Å². The van der Waals surface area contributed by atoms with E-state index in [0.29, 0.717) is 23.5 Å². The Kier molecular flexibility index (Phi) is 4.61. The Labute approximate surface area is 143 Å². The molecule has 0 fully saturated rings. The van der Waals surface area contributed by atoms with Crippen molar-refractivity contribution in [2.45, 2.75) is 12.5 Å². The molecule has 0 amide bonds. The minimum absolute atomic E-state index is 0.0218. The molecule has 0 spiro atoms. The summed E-state index contributed by atoms with van der Waals surface area (Å²) in [6, 6.07) is 15.5. The summed E-state index contributed by atoms with van der Waals surface area (Å²) in [5.41, 5.74) is 8.16. The van der Waals surface area contributed by atoms with Crippen molar-refractivity contribution in [1.82, 2.24) is 9.97 Å². The minimum Gasteiger partial charge on any atom is -0.331 e. The molecular formula is C18H14ClFN4. The zero-order valence-electron chi connectivity index (χ0n) is 12.6. The van der Waals surface area contributed by atoms with Crippen LogP contribution in [0.25, 0.3) is 11.3 Å². The van der Waals surface area contributed by atoms with Crippen molar-refractivity contribution in [3.63, 3.8) is 0 Å². The molecule has 0 aliphatic rings.